The Labute approximate surface area is 162 Å². The molecular weight excluding hydrogens is 371 g/mol. The monoisotopic (exact) mass is 395 g/mol. The van der Waals surface area contributed by atoms with Gasteiger partial charge in [0.1, 0.15) is 18.1 Å². The molecule has 0 aliphatic rings. The summed E-state index contributed by atoms with van der Waals surface area (Å²) in [6.45, 7) is 4.67. The van der Waals surface area contributed by atoms with E-state index in [0.717, 1.165) is 24.2 Å². The molecule has 0 aliphatic heterocycles. The molecule has 0 radical (unpaired) electrons. The molecule has 0 unspecified atom stereocenters. The first-order chi connectivity index (χ1) is 13.2. The number of pyridine rings is 1. The number of amides is 2. The molecule has 5 nitrogen and oxygen atoms in total. The molecule has 0 atom stereocenters. The molecule has 0 saturated heterocycles. The van der Waals surface area contributed by atoms with Gasteiger partial charge in [0.15, 0.2) is 0 Å². The van der Waals surface area contributed by atoms with Gasteiger partial charge in [-0.3, -0.25) is 4.98 Å². The first-order valence-electron chi connectivity index (χ1n) is 9.04. The van der Waals surface area contributed by atoms with Crippen LogP contribution in [0.2, 0.25) is 0 Å². The number of hydrogen-bond acceptors (Lipinski definition) is 3. The zero-order chi connectivity index (χ0) is 20.7. The summed E-state index contributed by atoms with van der Waals surface area (Å²) in [5.74, 6) is 0.568. The predicted octanol–water partition coefficient (Wildman–Crippen LogP) is 5.12. The summed E-state index contributed by atoms with van der Waals surface area (Å²) < 4.78 is 43.6. The number of halogens is 3. The normalized spacial score (nSPS) is 11.2. The van der Waals surface area contributed by atoms with Gasteiger partial charge in [-0.1, -0.05) is 26.0 Å². The number of hydrogen-bond donors (Lipinski definition) is 1. The fraction of sp³-hybridized carbons (Fsp3) is 0.400. The highest BCUT2D eigenvalue weighted by Gasteiger charge is 2.32. The SMILES string of the molecule is CCCN(C)C(=O)Nc1ccc(CC)c(OCc2ccc(C(F)(F)F)nc2)c1. The van der Waals surface area contributed by atoms with Gasteiger partial charge in [0.05, 0.1) is 0 Å². The summed E-state index contributed by atoms with van der Waals surface area (Å²) in [7, 11) is 1.72. The van der Waals surface area contributed by atoms with Crippen LogP contribution in [0.1, 0.15) is 37.1 Å². The molecule has 1 heterocycles. The van der Waals surface area contributed by atoms with E-state index in [1.807, 2.05) is 19.9 Å². The van der Waals surface area contributed by atoms with E-state index in [-0.39, 0.29) is 12.6 Å². The van der Waals surface area contributed by atoms with Gasteiger partial charge in [-0.15, -0.1) is 0 Å². The first kappa shape index (κ1) is 21.5. The van der Waals surface area contributed by atoms with Gasteiger partial charge < -0.3 is 15.0 Å². The van der Waals surface area contributed by atoms with E-state index in [1.54, 1.807) is 24.1 Å². The Bertz CT molecular complexity index is 792. The number of urea groups is 1. The Morgan fingerprint density at radius 3 is 2.54 bits per heavy atom. The minimum atomic E-state index is -4.47. The van der Waals surface area contributed by atoms with Crippen LogP contribution in [-0.2, 0) is 19.2 Å². The van der Waals surface area contributed by atoms with Gasteiger partial charge >= 0.3 is 12.2 Å². The van der Waals surface area contributed by atoms with Crippen molar-refractivity contribution in [3.05, 3.63) is 53.3 Å². The minimum absolute atomic E-state index is 0.0747. The lowest BCUT2D eigenvalue weighted by Crippen LogP contribution is -2.31. The zero-order valence-corrected chi connectivity index (χ0v) is 16.1. The van der Waals surface area contributed by atoms with Gasteiger partial charge in [0, 0.05) is 37.1 Å². The molecule has 2 amide bonds. The summed E-state index contributed by atoms with van der Waals surface area (Å²) in [5, 5.41) is 2.81. The number of aromatic nitrogens is 1. The number of carbonyl (C=O) groups is 1. The molecule has 2 aromatic rings. The lowest BCUT2D eigenvalue weighted by Gasteiger charge is -2.18. The van der Waals surface area contributed by atoms with E-state index < -0.39 is 11.9 Å². The average Bonchev–Trinajstić information content (AvgIpc) is 2.66. The highest BCUT2D eigenvalue weighted by Crippen LogP contribution is 2.28. The van der Waals surface area contributed by atoms with Gasteiger partial charge in [-0.05, 0) is 30.5 Å². The van der Waals surface area contributed by atoms with Crippen LogP contribution in [0.4, 0.5) is 23.7 Å². The second-order valence-electron chi connectivity index (χ2n) is 6.37. The molecule has 2 rings (SSSR count). The maximum atomic E-state index is 12.6. The van der Waals surface area contributed by atoms with Crippen molar-refractivity contribution in [1.29, 1.82) is 0 Å². The molecule has 1 aromatic carbocycles. The summed E-state index contributed by atoms with van der Waals surface area (Å²) in [4.78, 5) is 17.2. The Kier molecular flexibility index (Phi) is 7.25. The summed E-state index contributed by atoms with van der Waals surface area (Å²) in [6, 6.07) is 7.42. The Hall–Kier alpha value is -2.77. The van der Waals surface area contributed by atoms with Gasteiger partial charge in [-0.25, -0.2) is 4.79 Å². The van der Waals surface area contributed by atoms with Gasteiger partial charge in [-0.2, -0.15) is 13.2 Å². The van der Waals surface area contributed by atoms with Crippen LogP contribution in [0.3, 0.4) is 0 Å². The molecule has 1 aromatic heterocycles. The van der Waals surface area contributed by atoms with Crippen molar-refractivity contribution in [3.63, 3.8) is 0 Å². The molecule has 0 fully saturated rings. The maximum Gasteiger partial charge on any atom is 0.433 e. The van der Waals surface area contributed by atoms with Crippen molar-refractivity contribution in [3.8, 4) is 5.75 Å². The van der Waals surface area contributed by atoms with Crippen LogP contribution in [0.5, 0.6) is 5.75 Å². The number of nitrogens with one attached hydrogen (secondary N) is 1. The zero-order valence-electron chi connectivity index (χ0n) is 16.1. The molecule has 1 N–H and O–H groups in total. The van der Waals surface area contributed by atoms with Crippen LogP contribution in [-0.4, -0.2) is 29.5 Å². The van der Waals surface area contributed by atoms with E-state index in [9.17, 15) is 18.0 Å². The summed E-state index contributed by atoms with van der Waals surface area (Å²) in [5.41, 5.74) is 1.10. The van der Waals surface area contributed by atoms with Crippen LogP contribution < -0.4 is 10.1 Å². The van der Waals surface area contributed by atoms with Crippen molar-refractivity contribution in [1.82, 2.24) is 9.88 Å². The van der Waals surface area contributed by atoms with Crippen molar-refractivity contribution in [2.45, 2.75) is 39.5 Å². The van der Waals surface area contributed by atoms with Gasteiger partial charge in [0.25, 0.3) is 0 Å². The topological polar surface area (TPSA) is 54.5 Å². The molecule has 152 valence electrons. The average molecular weight is 395 g/mol. The number of aryl methyl sites for hydroxylation is 1. The van der Waals surface area contributed by atoms with E-state index in [1.165, 1.54) is 6.07 Å². The standard InChI is InChI=1S/C20H24F3N3O2/c1-4-10-26(3)19(27)25-16-8-7-15(5-2)17(11-16)28-13-14-6-9-18(24-12-14)20(21,22)23/h6-9,11-12H,4-5,10,13H2,1-3H3,(H,25,27). The van der Waals surface area contributed by atoms with E-state index >= 15 is 0 Å². The lowest BCUT2D eigenvalue weighted by atomic mass is 10.1. The van der Waals surface area contributed by atoms with Crippen LogP contribution in [0.15, 0.2) is 36.5 Å². The smallest absolute Gasteiger partial charge is 0.433 e. The number of benzene rings is 1. The molecular formula is C20H24F3N3O2. The summed E-state index contributed by atoms with van der Waals surface area (Å²) >= 11 is 0. The van der Waals surface area contributed by atoms with Crippen LogP contribution in [0.25, 0.3) is 0 Å². The van der Waals surface area contributed by atoms with Crippen molar-refractivity contribution in [2.24, 2.45) is 0 Å². The van der Waals surface area contributed by atoms with Gasteiger partial charge in [0.2, 0.25) is 0 Å². The third-order valence-corrected chi connectivity index (χ3v) is 4.11. The lowest BCUT2D eigenvalue weighted by molar-refractivity contribution is -0.141. The van der Waals surface area contributed by atoms with Crippen molar-refractivity contribution >= 4 is 11.7 Å². The van der Waals surface area contributed by atoms with E-state index in [0.29, 0.717) is 30.0 Å². The quantitative estimate of drug-likeness (QED) is 0.708. The molecule has 0 aliphatic carbocycles. The highest BCUT2D eigenvalue weighted by molar-refractivity contribution is 5.89. The predicted molar refractivity (Wildman–Crippen MR) is 101 cm³/mol. The minimum Gasteiger partial charge on any atom is -0.488 e. The van der Waals surface area contributed by atoms with E-state index in [4.69, 9.17) is 4.74 Å². The number of carbonyl (C=O) groups excluding carboxylic acids is 1. The molecule has 0 spiro atoms. The molecule has 28 heavy (non-hydrogen) atoms. The fourth-order valence-electron chi connectivity index (χ4n) is 2.55. The second-order valence-corrected chi connectivity index (χ2v) is 6.37. The van der Waals surface area contributed by atoms with Crippen LogP contribution >= 0.6 is 0 Å². The summed E-state index contributed by atoms with van der Waals surface area (Å²) in [6.07, 6.45) is -1.75. The largest absolute Gasteiger partial charge is 0.488 e. The Morgan fingerprint density at radius 2 is 1.96 bits per heavy atom. The number of ether oxygens (including phenoxy) is 1. The number of alkyl halides is 3. The Balaban J connectivity index is 2.08. The number of rotatable bonds is 7. The second kappa shape index (κ2) is 9.43. The van der Waals surface area contributed by atoms with Crippen molar-refractivity contribution in [2.75, 3.05) is 18.9 Å². The first-order valence-corrected chi connectivity index (χ1v) is 9.04. The third kappa shape index (κ3) is 5.87. The number of nitrogens with zero attached hydrogens (tertiary/aromatic N) is 2. The molecule has 0 saturated carbocycles. The van der Waals surface area contributed by atoms with Crippen LogP contribution in [0, 0.1) is 0 Å². The van der Waals surface area contributed by atoms with E-state index in [2.05, 4.69) is 10.3 Å². The third-order valence-electron chi connectivity index (χ3n) is 4.11. The fourth-order valence-corrected chi connectivity index (χ4v) is 2.55. The highest BCUT2D eigenvalue weighted by atomic mass is 19.4. The molecule has 8 heteroatoms. The van der Waals surface area contributed by atoms with Crippen molar-refractivity contribution < 1.29 is 22.7 Å². The molecule has 0 bridgehead atoms. The maximum absolute atomic E-state index is 12.6. The number of anilines is 1. The Morgan fingerprint density at radius 1 is 1.21 bits per heavy atom.